The summed E-state index contributed by atoms with van der Waals surface area (Å²) in [5.41, 5.74) is 3.58. The third-order valence-corrected chi connectivity index (χ3v) is 2.69. The molecule has 0 bridgehead atoms. The molecule has 0 aliphatic rings. The Hall–Kier alpha value is -0.900. The van der Waals surface area contributed by atoms with Crippen LogP contribution in [0.15, 0.2) is 18.2 Å². The molecule has 0 aliphatic carbocycles. The normalized spacial score (nSPS) is 12.8. The average Bonchev–Trinajstić information content (AvgIpc) is 2.28. The molecule has 90 valence electrons. The van der Waals surface area contributed by atoms with Crippen molar-refractivity contribution in [1.29, 1.82) is 0 Å². The van der Waals surface area contributed by atoms with Gasteiger partial charge >= 0.3 is 0 Å². The zero-order valence-electron chi connectivity index (χ0n) is 10.3. The number of nitrogens with one attached hydrogen (secondary N) is 1. The molecule has 0 amide bonds. The van der Waals surface area contributed by atoms with Gasteiger partial charge in [-0.3, -0.25) is 0 Å². The van der Waals surface area contributed by atoms with Crippen molar-refractivity contribution >= 4 is 0 Å². The topological polar surface area (TPSA) is 41.5 Å². The Balaban J connectivity index is 2.73. The van der Waals surface area contributed by atoms with Gasteiger partial charge in [-0.1, -0.05) is 23.8 Å². The minimum atomic E-state index is -0.00458. The molecule has 0 saturated heterocycles. The van der Waals surface area contributed by atoms with Gasteiger partial charge in [-0.15, -0.1) is 0 Å². The molecule has 16 heavy (non-hydrogen) atoms. The number of aryl methyl sites for hydroxylation is 2. The second kappa shape index (κ2) is 6.63. The molecule has 3 nitrogen and oxygen atoms in total. The molecule has 1 unspecified atom stereocenters. The number of methoxy groups -OCH3 is 1. The maximum absolute atomic E-state index is 9.39. The zero-order chi connectivity index (χ0) is 12.0. The van der Waals surface area contributed by atoms with Crippen molar-refractivity contribution < 1.29 is 9.84 Å². The van der Waals surface area contributed by atoms with Crippen molar-refractivity contribution in [2.75, 3.05) is 26.9 Å². The van der Waals surface area contributed by atoms with Crippen molar-refractivity contribution in [3.8, 4) is 0 Å². The molecule has 1 rings (SSSR count). The van der Waals surface area contributed by atoms with Gasteiger partial charge in [-0.25, -0.2) is 0 Å². The fourth-order valence-electron chi connectivity index (χ4n) is 1.74. The second-order valence-electron chi connectivity index (χ2n) is 4.04. The van der Waals surface area contributed by atoms with Crippen LogP contribution >= 0.6 is 0 Å². The summed E-state index contributed by atoms with van der Waals surface area (Å²) < 4.78 is 4.98. The first kappa shape index (κ1) is 13.2. The predicted octanol–water partition coefficient (Wildman–Crippen LogP) is 1.57. The van der Waals surface area contributed by atoms with Crippen LogP contribution in [0.25, 0.3) is 0 Å². The number of hydrogen-bond acceptors (Lipinski definition) is 3. The van der Waals surface area contributed by atoms with Gasteiger partial charge < -0.3 is 15.2 Å². The first-order valence-corrected chi connectivity index (χ1v) is 5.59. The van der Waals surface area contributed by atoms with Gasteiger partial charge in [0.15, 0.2) is 0 Å². The summed E-state index contributed by atoms with van der Waals surface area (Å²) in [6.07, 6.45) is 0. The fraction of sp³-hybridized carbons (Fsp3) is 0.538. The van der Waals surface area contributed by atoms with Crippen LogP contribution in [-0.2, 0) is 4.74 Å². The summed E-state index contributed by atoms with van der Waals surface area (Å²) >= 11 is 0. The Morgan fingerprint density at radius 2 is 2.12 bits per heavy atom. The SMILES string of the molecule is COCCNC(CO)c1cc(C)ccc1C. The number of rotatable bonds is 6. The maximum Gasteiger partial charge on any atom is 0.0626 e. The van der Waals surface area contributed by atoms with E-state index in [-0.39, 0.29) is 12.6 Å². The molecule has 1 aromatic carbocycles. The number of benzene rings is 1. The van der Waals surface area contributed by atoms with E-state index in [1.54, 1.807) is 7.11 Å². The van der Waals surface area contributed by atoms with Crippen molar-refractivity contribution in [3.05, 3.63) is 34.9 Å². The van der Waals surface area contributed by atoms with Crippen LogP contribution in [0.4, 0.5) is 0 Å². The smallest absolute Gasteiger partial charge is 0.0626 e. The molecule has 0 aromatic heterocycles. The summed E-state index contributed by atoms with van der Waals surface area (Å²) in [5, 5.41) is 12.7. The predicted molar refractivity (Wildman–Crippen MR) is 65.6 cm³/mol. The van der Waals surface area contributed by atoms with Crippen LogP contribution in [0.2, 0.25) is 0 Å². The molecule has 0 fully saturated rings. The molecule has 0 radical (unpaired) electrons. The molecule has 0 spiro atoms. The minimum Gasteiger partial charge on any atom is -0.394 e. The number of ether oxygens (including phenoxy) is 1. The first-order chi connectivity index (χ1) is 7.69. The highest BCUT2D eigenvalue weighted by atomic mass is 16.5. The van der Waals surface area contributed by atoms with Crippen molar-refractivity contribution in [3.63, 3.8) is 0 Å². The summed E-state index contributed by atoms with van der Waals surface area (Å²) in [4.78, 5) is 0. The highest BCUT2D eigenvalue weighted by Gasteiger charge is 2.11. The Labute approximate surface area is 97.4 Å². The second-order valence-corrected chi connectivity index (χ2v) is 4.04. The lowest BCUT2D eigenvalue weighted by atomic mass is 9.99. The first-order valence-electron chi connectivity index (χ1n) is 5.59. The van der Waals surface area contributed by atoms with Crippen LogP contribution in [0.3, 0.4) is 0 Å². The van der Waals surface area contributed by atoms with E-state index in [0.717, 1.165) is 6.54 Å². The monoisotopic (exact) mass is 223 g/mol. The third kappa shape index (κ3) is 3.59. The number of hydrogen-bond donors (Lipinski definition) is 2. The Kier molecular flexibility index (Phi) is 5.46. The van der Waals surface area contributed by atoms with Crippen LogP contribution in [0.5, 0.6) is 0 Å². The lowest BCUT2D eigenvalue weighted by molar-refractivity contribution is 0.184. The average molecular weight is 223 g/mol. The quantitative estimate of drug-likeness (QED) is 0.719. The van der Waals surface area contributed by atoms with Crippen LogP contribution in [-0.4, -0.2) is 32.0 Å². The van der Waals surface area contributed by atoms with Crippen molar-refractivity contribution in [2.45, 2.75) is 19.9 Å². The summed E-state index contributed by atoms with van der Waals surface area (Å²) in [5.74, 6) is 0. The fourth-order valence-corrected chi connectivity index (χ4v) is 1.74. The van der Waals surface area contributed by atoms with E-state index in [2.05, 4.69) is 37.4 Å². The van der Waals surface area contributed by atoms with Crippen molar-refractivity contribution in [1.82, 2.24) is 5.32 Å². The van der Waals surface area contributed by atoms with Gasteiger partial charge in [0.2, 0.25) is 0 Å². The minimum absolute atomic E-state index is 0.00458. The summed E-state index contributed by atoms with van der Waals surface area (Å²) in [6, 6.07) is 6.29. The molecule has 3 heteroatoms. The summed E-state index contributed by atoms with van der Waals surface area (Å²) in [6.45, 7) is 5.63. The Bertz CT molecular complexity index is 326. The number of aliphatic hydroxyl groups is 1. The van der Waals surface area contributed by atoms with E-state index >= 15 is 0 Å². The maximum atomic E-state index is 9.39. The zero-order valence-corrected chi connectivity index (χ0v) is 10.3. The standard InChI is InChI=1S/C13H21NO2/c1-10-4-5-11(2)12(8-10)13(9-15)14-6-7-16-3/h4-5,8,13-15H,6-7,9H2,1-3H3. The van der Waals surface area contributed by atoms with Gasteiger partial charge in [-0.2, -0.15) is 0 Å². The highest BCUT2D eigenvalue weighted by molar-refractivity contribution is 5.33. The van der Waals surface area contributed by atoms with Gasteiger partial charge in [0, 0.05) is 13.7 Å². The largest absolute Gasteiger partial charge is 0.394 e. The molecule has 1 atom stereocenters. The molecule has 0 heterocycles. The molecular weight excluding hydrogens is 202 g/mol. The van der Waals surface area contributed by atoms with Crippen LogP contribution in [0, 0.1) is 13.8 Å². The molecule has 1 aromatic rings. The van der Waals surface area contributed by atoms with Crippen LogP contribution in [0.1, 0.15) is 22.7 Å². The molecular formula is C13H21NO2. The molecule has 2 N–H and O–H groups in total. The van der Waals surface area contributed by atoms with E-state index in [4.69, 9.17) is 4.74 Å². The lowest BCUT2D eigenvalue weighted by Gasteiger charge is -2.19. The Morgan fingerprint density at radius 1 is 1.38 bits per heavy atom. The Morgan fingerprint density at radius 3 is 2.75 bits per heavy atom. The molecule has 0 saturated carbocycles. The lowest BCUT2D eigenvalue weighted by Crippen LogP contribution is -2.28. The third-order valence-electron chi connectivity index (χ3n) is 2.69. The highest BCUT2D eigenvalue weighted by Crippen LogP contribution is 2.18. The van der Waals surface area contributed by atoms with Gasteiger partial charge in [0.1, 0.15) is 0 Å². The van der Waals surface area contributed by atoms with Gasteiger partial charge in [0.25, 0.3) is 0 Å². The van der Waals surface area contributed by atoms with Crippen LogP contribution < -0.4 is 5.32 Å². The van der Waals surface area contributed by atoms with E-state index in [0.29, 0.717) is 6.61 Å². The van der Waals surface area contributed by atoms with Gasteiger partial charge in [0.05, 0.1) is 19.3 Å². The summed E-state index contributed by atoms with van der Waals surface area (Å²) in [7, 11) is 1.67. The van der Waals surface area contributed by atoms with Crippen molar-refractivity contribution in [2.24, 2.45) is 0 Å². The van der Waals surface area contributed by atoms with E-state index in [9.17, 15) is 5.11 Å². The number of aliphatic hydroxyl groups excluding tert-OH is 1. The molecule has 0 aliphatic heterocycles. The van der Waals surface area contributed by atoms with E-state index < -0.39 is 0 Å². The van der Waals surface area contributed by atoms with E-state index in [1.807, 2.05) is 0 Å². The van der Waals surface area contributed by atoms with Gasteiger partial charge in [-0.05, 0) is 25.0 Å². The van der Waals surface area contributed by atoms with E-state index in [1.165, 1.54) is 16.7 Å².